The van der Waals surface area contributed by atoms with Gasteiger partial charge >= 0.3 is 6.18 Å². The summed E-state index contributed by atoms with van der Waals surface area (Å²) >= 11 is 5.88. The maximum Gasteiger partial charge on any atom is 0.434 e. The lowest BCUT2D eigenvalue weighted by atomic mass is 9.78. The number of aryl methyl sites for hydroxylation is 1. The largest absolute Gasteiger partial charge is 0.434 e. The molecule has 0 aliphatic heterocycles. The van der Waals surface area contributed by atoms with Crippen molar-refractivity contribution >= 4 is 34.1 Å². The number of para-hydroxylation sites is 1. The van der Waals surface area contributed by atoms with E-state index in [1.165, 1.54) is 24.3 Å². The monoisotopic (exact) mass is 611 g/mol. The number of carbonyl (C=O) groups is 1. The average Bonchev–Trinajstić information content (AvgIpc) is 3.44. The van der Waals surface area contributed by atoms with E-state index < -0.39 is 17.7 Å². The van der Waals surface area contributed by atoms with Crippen molar-refractivity contribution in [1.82, 2.24) is 19.7 Å². The van der Waals surface area contributed by atoms with E-state index in [4.69, 9.17) is 21.6 Å². The predicted molar refractivity (Wildman–Crippen MR) is 164 cm³/mol. The van der Waals surface area contributed by atoms with Crippen LogP contribution in [0.15, 0.2) is 54.7 Å². The highest BCUT2D eigenvalue weighted by atomic mass is 35.5. The molecule has 1 aliphatic rings. The van der Waals surface area contributed by atoms with Gasteiger partial charge < -0.3 is 4.90 Å². The van der Waals surface area contributed by atoms with E-state index >= 15 is 0 Å². The third-order valence-electron chi connectivity index (χ3n) is 8.46. The summed E-state index contributed by atoms with van der Waals surface area (Å²) < 4.78 is 42.7. The zero-order valence-corrected chi connectivity index (χ0v) is 25.3. The summed E-state index contributed by atoms with van der Waals surface area (Å²) in [7, 11) is 4.01. The number of carbonyl (C=O) groups excluding carboxylic acids is 1. The molecular formula is C33H37ClF3N5O. The number of alkyl halides is 3. The lowest BCUT2D eigenvalue weighted by molar-refractivity contribution is -0.143. The van der Waals surface area contributed by atoms with Gasteiger partial charge in [0.25, 0.3) is 0 Å². The molecule has 10 heteroatoms. The number of Topliss-reactive ketones (excluding diaryl/α,β-unsaturated/α-hetero) is 1. The molecule has 0 unspecified atom stereocenters. The molecule has 0 bridgehead atoms. The van der Waals surface area contributed by atoms with Gasteiger partial charge in [0.05, 0.1) is 23.0 Å². The molecule has 0 atom stereocenters. The van der Waals surface area contributed by atoms with E-state index in [0.29, 0.717) is 23.3 Å². The number of anilines is 1. The maximum atomic E-state index is 14.0. The number of halogens is 4. The Morgan fingerprint density at radius 2 is 1.60 bits per heavy atom. The van der Waals surface area contributed by atoms with Crippen LogP contribution in [0.25, 0.3) is 16.6 Å². The second-order valence-corrected chi connectivity index (χ2v) is 12.2. The number of aromatic nitrogens is 4. The van der Waals surface area contributed by atoms with Crippen molar-refractivity contribution in [3.63, 3.8) is 0 Å². The van der Waals surface area contributed by atoms with Crippen LogP contribution in [0.2, 0.25) is 5.02 Å². The molecule has 0 saturated heterocycles. The SMILES string of the molecule is CN(C)c1nc(CCCC2CCC(CCCC(=O)c3cnn(-c4ccc(Cl)cc4)c3C(F)(F)F)CC2)nc2ccccc12. The van der Waals surface area contributed by atoms with Crippen molar-refractivity contribution in [3.05, 3.63) is 76.8 Å². The molecule has 5 rings (SSSR count). The number of hydrogen-bond acceptors (Lipinski definition) is 5. The van der Waals surface area contributed by atoms with Crippen LogP contribution in [-0.4, -0.2) is 39.6 Å². The fourth-order valence-corrected chi connectivity index (χ4v) is 6.33. The molecule has 43 heavy (non-hydrogen) atoms. The molecule has 0 radical (unpaired) electrons. The number of benzene rings is 2. The van der Waals surface area contributed by atoms with Crippen molar-refractivity contribution in [2.75, 3.05) is 19.0 Å². The summed E-state index contributed by atoms with van der Waals surface area (Å²) in [5.41, 5.74) is -0.234. The Morgan fingerprint density at radius 1 is 0.953 bits per heavy atom. The minimum absolute atomic E-state index is 0.0794. The lowest BCUT2D eigenvalue weighted by Gasteiger charge is -2.28. The summed E-state index contributed by atoms with van der Waals surface area (Å²) in [6, 6.07) is 14.0. The van der Waals surface area contributed by atoms with Gasteiger partial charge in [-0.15, -0.1) is 0 Å². The van der Waals surface area contributed by atoms with Crippen molar-refractivity contribution in [2.45, 2.75) is 70.4 Å². The molecule has 228 valence electrons. The topological polar surface area (TPSA) is 63.9 Å². The van der Waals surface area contributed by atoms with Gasteiger partial charge in [0.15, 0.2) is 11.5 Å². The molecule has 0 spiro atoms. The van der Waals surface area contributed by atoms with Crippen LogP contribution < -0.4 is 4.90 Å². The normalized spacial score (nSPS) is 17.3. The fourth-order valence-electron chi connectivity index (χ4n) is 6.21. The highest BCUT2D eigenvalue weighted by Crippen LogP contribution is 2.36. The average molecular weight is 612 g/mol. The molecule has 0 amide bonds. The summed E-state index contributed by atoms with van der Waals surface area (Å²) in [6.07, 6.45) is 5.34. The van der Waals surface area contributed by atoms with Gasteiger partial charge in [-0.1, -0.05) is 62.3 Å². The quantitative estimate of drug-likeness (QED) is 0.159. The molecule has 2 aromatic carbocycles. The fraction of sp³-hybridized carbons (Fsp3) is 0.455. The van der Waals surface area contributed by atoms with Crippen LogP contribution in [0, 0.1) is 11.8 Å². The van der Waals surface area contributed by atoms with Crippen molar-refractivity contribution in [3.8, 4) is 5.69 Å². The van der Waals surface area contributed by atoms with Crippen LogP contribution >= 0.6 is 11.6 Å². The van der Waals surface area contributed by atoms with Gasteiger partial charge in [-0.3, -0.25) is 4.79 Å². The lowest BCUT2D eigenvalue weighted by Crippen LogP contribution is -2.18. The smallest absolute Gasteiger partial charge is 0.362 e. The Balaban J connectivity index is 1.08. The number of fused-ring (bicyclic) bond motifs is 1. The first-order valence-electron chi connectivity index (χ1n) is 15.0. The second kappa shape index (κ2) is 13.5. The third-order valence-corrected chi connectivity index (χ3v) is 8.71. The van der Waals surface area contributed by atoms with Crippen molar-refractivity contribution in [2.24, 2.45) is 11.8 Å². The molecule has 1 aliphatic carbocycles. The van der Waals surface area contributed by atoms with E-state index in [1.54, 1.807) is 0 Å². The van der Waals surface area contributed by atoms with Gasteiger partial charge in [-0.25, -0.2) is 14.6 Å². The summed E-state index contributed by atoms with van der Waals surface area (Å²) in [6.45, 7) is 0. The Morgan fingerprint density at radius 3 is 2.26 bits per heavy atom. The molecule has 0 N–H and O–H groups in total. The van der Waals surface area contributed by atoms with Gasteiger partial charge in [0, 0.05) is 37.3 Å². The van der Waals surface area contributed by atoms with E-state index in [-0.39, 0.29) is 17.7 Å². The van der Waals surface area contributed by atoms with E-state index in [0.717, 1.165) is 84.8 Å². The number of rotatable bonds is 11. The highest BCUT2D eigenvalue weighted by molar-refractivity contribution is 6.30. The Bertz CT molecular complexity index is 1540. The Hall–Kier alpha value is -3.46. The molecular weight excluding hydrogens is 575 g/mol. The van der Waals surface area contributed by atoms with Gasteiger partial charge in [-0.05, 0) is 61.1 Å². The number of nitrogens with zero attached hydrogens (tertiary/aromatic N) is 5. The minimum atomic E-state index is -4.71. The van der Waals surface area contributed by atoms with Crippen LogP contribution in [0.3, 0.4) is 0 Å². The number of ketones is 1. The summed E-state index contributed by atoms with van der Waals surface area (Å²) in [4.78, 5) is 24.5. The van der Waals surface area contributed by atoms with E-state index in [1.807, 2.05) is 37.2 Å². The molecule has 1 fully saturated rings. The van der Waals surface area contributed by atoms with Crippen LogP contribution in [0.1, 0.15) is 79.7 Å². The summed E-state index contributed by atoms with van der Waals surface area (Å²) in [5.74, 6) is 2.49. The maximum absolute atomic E-state index is 14.0. The first kappa shape index (κ1) is 31.0. The van der Waals surface area contributed by atoms with Crippen LogP contribution in [-0.2, 0) is 12.6 Å². The first-order valence-corrected chi connectivity index (χ1v) is 15.3. The minimum Gasteiger partial charge on any atom is -0.362 e. The molecule has 2 aromatic heterocycles. The zero-order chi connectivity index (χ0) is 30.6. The standard InChI is InChI=1S/C33H37ClF3N5O/c1-41(2)32-26-9-3-4-10-28(26)39-30(40-32)12-6-8-23-15-13-22(14-16-23)7-5-11-29(43)27-21-38-42(31(27)33(35,36)37)25-19-17-24(34)18-20-25/h3-4,9-10,17-23H,5-8,11-16H2,1-2H3. The second-order valence-electron chi connectivity index (χ2n) is 11.8. The molecule has 6 nitrogen and oxygen atoms in total. The van der Waals surface area contributed by atoms with Gasteiger partial charge in [0.1, 0.15) is 11.6 Å². The van der Waals surface area contributed by atoms with E-state index in [2.05, 4.69) is 11.2 Å². The van der Waals surface area contributed by atoms with E-state index in [9.17, 15) is 18.0 Å². The zero-order valence-electron chi connectivity index (χ0n) is 24.6. The van der Waals surface area contributed by atoms with Crippen molar-refractivity contribution in [1.29, 1.82) is 0 Å². The molecule has 4 aromatic rings. The predicted octanol–water partition coefficient (Wildman–Crippen LogP) is 8.74. The third kappa shape index (κ3) is 7.55. The number of hydrogen-bond donors (Lipinski definition) is 0. The first-order chi connectivity index (χ1) is 20.6. The highest BCUT2D eigenvalue weighted by Gasteiger charge is 2.40. The van der Waals surface area contributed by atoms with Crippen molar-refractivity contribution < 1.29 is 18.0 Å². The molecule has 2 heterocycles. The van der Waals surface area contributed by atoms with Crippen LogP contribution in [0.4, 0.5) is 19.0 Å². The molecule has 1 saturated carbocycles. The van der Waals surface area contributed by atoms with Gasteiger partial charge in [-0.2, -0.15) is 18.3 Å². The Kier molecular flexibility index (Phi) is 9.69. The summed E-state index contributed by atoms with van der Waals surface area (Å²) in [5, 5.41) is 5.37. The van der Waals surface area contributed by atoms with Gasteiger partial charge in [0.2, 0.25) is 0 Å². The Labute approximate surface area is 255 Å². The van der Waals surface area contributed by atoms with Crippen LogP contribution in [0.5, 0.6) is 0 Å².